The number of anilines is 2. The molecule has 0 amide bonds. The SMILES string of the molecule is COC(CO)CN=Cc1c(N)nc2cc(C(N)=CC=N)ccc2c1N. The van der Waals surface area contributed by atoms with Crippen molar-refractivity contribution in [1.29, 1.82) is 5.41 Å². The zero-order valence-electron chi connectivity index (χ0n) is 13.9. The minimum absolute atomic E-state index is 0.123. The molecule has 1 atom stereocenters. The van der Waals surface area contributed by atoms with Gasteiger partial charge in [-0.2, -0.15) is 0 Å². The molecule has 8 nitrogen and oxygen atoms in total. The Bertz CT molecular complexity index is 827. The smallest absolute Gasteiger partial charge is 0.135 e. The van der Waals surface area contributed by atoms with Gasteiger partial charge in [-0.25, -0.2) is 4.98 Å². The number of nitrogens with one attached hydrogen (secondary N) is 1. The summed E-state index contributed by atoms with van der Waals surface area (Å²) in [5.41, 5.74) is 20.9. The average Bonchev–Trinajstić information content (AvgIpc) is 2.61. The number of benzene rings is 1. The number of methoxy groups -OCH3 is 1. The zero-order chi connectivity index (χ0) is 18.4. The van der Waals surface area contributed by atoms with Gasteiger partial charge in [0.15, 0.2) is 0 Å². The maximum absolute atomic E-state index is 9.09. The molecule has 0 aliphatic carbocycles. The number of hydrogen-bond acceptors (Lipinski definition) is 8. The summed E-state index contributed by atoms with van der Waals surface area (Å²) in [5.74, 6) is 0.249. The van der Waals surface area contributed by atoms with Crippen LogP contribution in [0.5, 0.6) is 0 Å². The van der Waals surface area contributed by atoms with Crippen molar-refractivity contribution in [2.45, 2.75) is 6.10 Å². The summed E-state index contributed by atoms with van der Waals surface area (Å²) < 4.78 is 5.05. The van der Waals surface area contributed by atoms with Crippen LogP contribution in [0.1, 0.15) is 11.1 Å². The molecular weight excluding hydrogens is 320 g/mol. The van der Waals surface area contributed by atoms with Crippen LogP contribution in [0.15, 0.2) is 29.3 Å². The Morgan fingerprint density at radius 1 is 1.44 bits per heavy atom. The van der Waals surface area contributed by atoms with E-state index in [0.717, 1.165) is 17.2 Å². The first-order valence-electron chi connectivity index (χ1n) is 7.60. The van der Waals surface area contributed by atoms with E-state index in [9.17, 15) is 0 Å². The minimum Gasteiger partial charge on any atom is -0.398 e. The number of nitrogens with two attached hydrogens (primary N) is 3. The maximum Gasteiger partial charge on any atom is 0.135 e. The highest BCUT2D eigenvalue weighted by atomic mass is 16.5. The summed E-state index contributed by atoms with van der Waals surface area (Å²) in [7, 11) is 1.51. The molecule has 1 heterocycles. The monoisotopic (exact) mass is 342 g/mol. The molecule has 0 radical (unpaired) electrons. The second kappa shape index (κ2) is 8.22. The summed E-state index contributed by atoms with van der Waals surface area (Å²) in [6, 6.07) is 5.38. The number of allylic oxidation sites excluding steroid dienone is 1. The second-order valence-electron chi connectivity index (χ2n) is 5.38. The fraction of sp³-hybridized carbons (Fsp3) is 0.235. The molecule has 25 heavy (non-hydrogen) atoms. The molecular formula is C17H22N6O2. The molecule has 2 rings (SSSR count). The van der Waals surface area contributed by atoms with Gasteiger partial charge in [-0.15, -0.1) is 0 Å². The number of nitrogens with zero attached hydrogens (tertiary/aromatic N) is 2. The molecule has 0 spiro atoms. The van der Waals surface area contributed by atoms with Gasteiger partial charge < -0.3 is 32.5 Å². The van der Waals surface area contributed by atoms with Crippen LogP contribution in [0.25, 0.3) is 16.6 Å². The number of ether oxygens (including phenoxy) is 1. The number of aliphatic imine (C=N–C) groups is 1. The van der Waals surface area contributed by atoms with Crippen molar-refractivity contribution in [2.24, 2.45) is 10.7 Å². The van der Waals surface area contributed by atoms with E-state index in [2.05, 4.69) is 9.98 Å². The Hall–Kier alpha value is -2.97. The van der Waals surface area contributed by atoms with Crippen molar-refractivity contribution in [2.75, 3.05) is 31.7 Å². The molecule has 0 bridgehead atoms. The van der Waals surface area contributed by atoms with Crippen LogP contribution in [0.4, 0.5) is 11.5 Å². The highest BCUT2D eigenvalue weighted by Gasteiger charge is 2.11. The Balaban J connectivity index is 2.41. The summed E-state index contributed by atoms with van der Waals surface area (Å²) >= 11 is 0. The van der Waals surface area contributed by atoms with E-state index in [1.165, 1.54) is 19.4 Å². The third-order valence-electron chi connectivity index (χ3n) is 3.76. The average molecular weight is 342 g/mol. The highest BCUT2D eigenvalue weighted by molar-refractivity contribution is 6.04. The van der Waals surface area contributed by atoms with Crippen LogP contribution in [0.2, 0.25) is 0 Å². The normalized spacial score (nSPS) is 13.4. The van der Waals surface area contributed by atoms with Gasteiger partial charge in [0.2, 0.25) is 0 Å². The lowest BCUT2D eigenvalue weighted by Gasteiger charge is -2.11. The van der Waals surface area contributed by atoms with Gasteiger partial charge in [0, 0.05) is 30.6 Å². The Morgan fingerprint density at radius 3 is 2.84 bits per heavy atom. The van der Waals surface area contributed by atoms with E-state index in [1.54, 1.807) is 18.2 Å². The third-order valence-corrected chi connectivity index (χ3v) is 3.76. The van der Waals surface area contributed by atoms with Gasteiger partial charge in [-0.1, -0.05) is 12.1 Å². The van der Waals surface area contributed by atoms with Crippen molar-refractivity contribution in [3.8, 4) is 0 Å². The summed E-state index contributed by atoms with van der Waals surface area (Å²) in [6.07, 6.45) is 3.77. The van der Waals surface area contributed by atoms with Crippen LogP contribution in [-0.2, 0) is 4.74 Å². The van der Waals surface area contributed by atoms with Crippen molar-refractivity contribution in [3.05, 3.63) is 35.4 Å². The van der Waals surface area contributed by atoms with Crippen molar-refractivity contribution >= 4 is 40.5 Å². The fourth-order valence-corrected chi connectivity index (χ4v) is 2.29. The highest BCUT2D eigenvalue weighted by Crippen LogP contribution is 2.28. The number of aliphatic hydroxyl groups excluding tert-OH is 1. The van der Waals surface area contributed by atoms with E-state index in [1.807, 2.05) is 0 Å². The van der Waals surface area contributed by atoms with E-state index in [0.29, 0.717) is 22.5 Å². The summed E-state index contributed by atoms with van der Waals surface area (Å²) in [5, 5.41) is 16.9. The number of fused-ring (bicyclic) bond motifs is 1. The van der Waals surface area contributed by atoms with E-state index in [-0.39, 0.29) is 25.1 Å². The molecule has 8 N–H and O–H groups in total. The zero-order valence-corrected chi connectivity index (χ0v) is 13.9. The number of aromatic nitrogens is 1. The van der Waals surface area contributed by atoms with E-state index < -0.39 is 0 Å². The molecule has 0 saturated carbocycles. The predicted molar refractivity (Wildman–Crippen MR) is 102 cm³/mol. The van der Waals surface area contributed by atoms with Crippen LogP contribution in [0, 0.1) is 5.41 Å². The van der Waals surface area contributed by atoms with Crippen LogP contribution >= 0.6 is 0 Å². The number of rotatable bonds is 7. The van der Waals surface area contributed by atoms with Crippen LogP contribution in [0.3, 0.4) is 0 Å². The van der Waals surface area contributed by atoms with E-state index >= 15 is 0 Å². The van der Waals surface area contributed by atoms with Gasteiger partial charge in [0.1, 0.15) is 5.82 Å². The Kier molecular flexibility index (Phi) is 6.04. The van der Waals surface area contributed by atoms with Crippen molar-refractivity contribution < 1.29 is 9.84 Å². The first-order valence-corrected chi connectivity index (χ1v) is 7.60. The molecule has 0 saturated heterocycles. The van der Waals surface area contributed by atoms with Gasteiger partial charge in [-0.3, -0.25) is 4.99 Å². The van der Waals surface area contributed by atoms with Gasteiger partial charge in [0.25, 0.3) is 0 Å². The molecule has 1 aromatic heterocycles. The van der Waals surface area contributed by atoms with Crippen LogP contribution in [-0.4, -0.2) is 48.9 Å². The molecule has 1 aromatic carbocycles. The van der Waals surface area contributed by atoms with Gasteiger partial charge in [-0.05, 0) is 17.7 Å². The third kappa shape index (κ3) is 4.11. The Morgan fingerprint density at radius 2 is 2.20 bits per heavy atom. The summed E-state index contributed by atoms with van der Waals surface area (Å²) in [4.78, 5) is 8.58. The molecule has 1 unspecified atom stereocenters. The molecule has 2 aromatic rings. The largest absolute Gasteiger partial charge is 0.398 e. The fourth-order valence-electron chi connectivity index (χ4n) is 2.29. The first-order chi connectivity index (χ1) is 12.0. The molecule has 8 heteroatoms. The van der Waals surface area contributed by atoms with Crippen LogP contribution < -0.4 is 17.2 Å². The van der Waals surface area contributed by atoms with Crippen molar-refractivity contribution in [3.63, 3.8) is 0 Å². The van der Waals surface area contributed by atoms with Gasteiger partial charge in [0.05, 0.1) is 36.0 Å². The molecule has 0 aliphatic rings. The van der Waals surface area contributed by atoms with Gasteiger partial charge >= 0.3 is 0 Å². The lowest BCUT2D eigenvalue weighted by atomic mass is 10.0. The number of aliphatic hydroxyl groups is 1. The number of hydrogen-bond donors (Lipinski definition) is 5. The quantitative estimate of drug-likeness (QED) is 0.468. The van der Waals surface area contributed by atoms with E-state index in [4.69, 9.17) is 32.5 Å². The molecule has 132 valence electrons. The topological polar surface area (TPSA) is 157 Å². The number of nitrogen functional groups attached to an aromatic ring is 2. The second-order valence-corrected chi connectivity index (χ2v) is 5.38. The van der Waals surface area contributed by atoms with Crippen molar-refractivity contribution in [1.82, 2.24) is 4.98 Å². The minimum atomic E-state index is -0.377. The summed E-state index contributed by atoms with van der Waals surface area (Å²) in [6.45, 7) is 0.163. The standard InChI is InChI=1S/C17H22N6O2/c1-25-11(9-24)7-22-8-13-16(20)12-3-2-10(14(19)4-5-18)6-15(12)23-17(13)21/h2-6,8,11,18,24H,7,9,19H2,1H3,(H4,20,21,23). The lowest BCUT2D eigenvalue weighted by Crippen LogP contribution is -2.19. The lowest BCUT2D eigenvalue weighted by molar-refractivity contribution is 0.0557. The molecule has 0 aliphatic heterocycles. The first kappa shape index (κ1) is 18.4. The predicted octanol–water partition coefficient (Wildman–Crippen LogP) is 0.775. The Labute approximate surface area is 145 Å². The molecule has 0 fully saturated rings. The number of pyridine rings is 1. The maximum atomic E-state index is 9.09.